The molecule has 0 aliphatic carbocycles. The summed E-state index contributed by atoms with van der Waals surface area (Å²) in [5.74, 6) is 1.41. The van der Waals surface area contributed by atoms with Crippen LogP contribution in [0.2, 0.25) is 0 Å². The van der Waals surface area contributed by atoms with Gasteiger partial charge in [0.1, 0.15) is 0 Å². The van der Waals surface area contributed by atoms with Crippen molar-refractivity contribution >= 4 is 40.0 Å². The molecule has 1 rings (SSSR count). The number of hydrogen-bond acceptors (Lipinski definition) is 5. The van der Waals surface area contributed by atoms with Crippen LogP contribution in [0.3, 0.4) is 0 Å². The second kappa shape index (κ2) is 14.8. The van der Waals surface area contributed by atoms with E-state index in [9.17, 15) is 8.42 Å². The van der Waals surface area contributed by atoms with Gasteiger partial charge in [0.05, 0.1) is 26.0 Å². The van der Waals surface area contributed by atoms with Gasteiger partial charge in [-0.05, 0) is 25.7 Å². The first kappa shape index (κ1) is 26.8. The van der Waals surface area contributed by atoms with Crippen LogP contribution in [0.25, 0.3) is 0 Å². The summed E-state index contributed by atoms with van der Waals surface area (Å²) in [5, 5.41) is 6.54. The second-order valence-electron chi connectivity index (χ2n) is 7.10. The summed E-state index contributed by atoms with van der Waals surface area (Å²) in [6.07, 6.45) is 2.99. The molecule has 0 saturated carbocycles. The first-order valence-electron chi connectivity index (χ1n) is 9.60. The van der Waals surface area contributed by atoms with E-state index in [1.807, 2.05) is 6.92 Å². The average molecular weight is 519 g/mol. The molecule has 0 spiro atoms. The van der Waals surface area contributed by atoms with Gasteiger partial charge in [-0.1, -0.05) is 13.8 Å². The number of ether oxygens (including phenoxy) is 1. The summed E-state index contributed by atoms with van der Waals surface area (Å²) in [7, 11) is -3.12. The number of nitrogens with zero attached hydrogens (tertiary/aromatic N) is 2. The van der Waals surface area contributed by atoms with E-state index in [1.165, 1.54) is 6.26 Å². The Morgan fingerprint density at radius 3 is 2.41 bits per heavy atom. The Kier molecular flexibility index (Phi) is 14.7. The third-order valence-corrected chi connectivity index (χ3v) is 4.85. The number of halogens is 1. The molecule has 0 aromatic carbocycles. The fourth-order valence-corrected chi connectivity index (χ4v) is 3.43. The number of aliphatic imine (C=N–C) groups is 1. The topological polar surface area (TPSA) is 95.1 Å². The molecule has 1 saturated heterocycles. The normalized spacial score (nSPS) is 17.4. The monoisotopic (exact) mass is 519 g/mol. The van der Waals surface area contributed by atoms with E-state index >= 15 is 0 Å². The third kappa shape index (κ3) is 13.6. The summed E-state index contributed by atoms with van der Waals surface area (Å²) < 4.78 is 30.1. The van der Waals surface area contributed by atoms with Crippen LogP contribution in [0, 0.1) is 5.92 Å². The van der Waals surface area contributed by atoms with Crippen LogP contribution in [0.15, 0.2) is 4.99 Å². The lowest BCUT2D eigenvalue weighted by Crippen LogP contribution is -2.46. The summed E-state index contributed by atoms with van der Waals surface area (Å²) in [6.45, 7) is 12.7. The summed E-state index contributed by atoms with van der Waals surface area (Å²) >= 11 is 0. The minimum Gasteiger partial charge on any atom is -0.379 e. The van der Waals surface area contributed by atoms with E-state index in [1.54, 1.807) is 0 Å². The molecule has 10 heteroatoms. The Morgan fingerprint density at radius 2 is 1.85 bits per heavy atom. The number of sulfonamides is 1. The van der Waals surface area contributed by atoms with Gasteiger partial charge < -0.3 is 15.4 Å². The van der Waals surface area contributed by atoms with E-state index in [4.69, 9.17) is 9.73 Å². The highest BCUT2D eigenvalue weighted by Crippen LogP contribution is 2.14. The van der Waals surface area contributed by atoms with Crippen LogP contribution >= 0.6 is 24.0 Å². The fraction of sp³-hybridized carbons (Fsp3) is 0.941. The lowest BCUT2D eigenvalue weighted by Gasteiger charge is -2.34. The zero-order chi connectivity index (χ0) is 19.4. The first-order chi connectivity index (χ1) is 12.3. The van der Waals surface area contributed by atoms with Gasteiger partial charge in [0.2, 0.25) is 10.0 Å². The highest BCUT2D eigenvalue weighted by molar-refractivity contribution is 14.0. The standard InChI is InChI=1S/C17H37N5O3S.HI/c1-5-18-17(19-7-6-8-21-26(4,23)24)20-14-16(13-15(2)3)22-9-11-25-12-10-22;/h15-16,21H,5-14H2,1-4H3,(H2,18,19,20);1H. The molecule has 0 aromatic heterocycles. The molecule has 162 valence electrons. The predicted molar refractivity (Wildman–Crippen MR) is 122 cm³/mol. The van der Waals surface area contributed by atoms with Crippen molar-refractivity contribution in [3.8, 4) is 0 Å². The zero-order valence-corrected chi connectivity index (χ0v) is 20.3. The van der Waals surface area contributed by atoms with Crippen molar-refractivity contribution in [3.63, 3.8) is 0 Å². The molecule has 27 heavy (non-hydrogen) atoms. The maximum Gasteiger partial charge on any atom is 0.208 e. The third-order valence-electron chi connectivity index (χ3n) is 4.12. The Balaban J connectivity index is 0.00000676. The van der Waals surface area contributed by atoms with Crippen molar-refractivity contribution < 1.29 is 13.2 Å². The Morgan fingerprint density at radius 1 is 1.19 bits per heavy atom. The second-order valence-corrected chi connectivity index (χ2v) is 8.93. The minimum absolute atomic E-state index is 0. The fourth-order valence-electron chi connectivity index (χ4n) is 2.92. The summed E-state index contributed by atoms with van der Waals surface area (Å²) in [6, 6.07) is 0.418. The molecule has 8 nitrogen and oxygen atoms in total. The highest BCUT2D eigenvalue weighted by Gasteiger charge is 2.21. The van der Waals surface area contributed by atoms with Crippen LogP contribution in [0.4, 0.5) is 0 Å². The van der Waals surface area contributed by atoms with Gasteiger partial charge in [-0.15, -0.1) is 24.0 Å². The molecule has 1 atom stereocenters. The maximum absolute atomic E-state index is 11.1. The Bertz CT molecular complexity index is 511. The molecular weight excluding hydrogens is 481 g/mol. The van der Waals surface area contributed by atoms with Crippen LogP contribution < -0.4 is 15.4 Å². The molecule has 1 fully saturated rings. The van der Waals surface area contributed by atoms with Gasteiger partial charge in [-0.25, -0.2) is 13.1 Å². The van der Waals surface area contributed by atoms with Gasteiger partial charge in [0.15, 0.2) is 5.96 Å². The van der Waals surface area contributed by atoms with Gasteiger partial charge in [-0.3, -0.25) is 9.89 Å². The van der Waals surface area contributed by atoms with Crippen molar-refractivity contribution in [2.24, 2.45) is 10.9 Å². The molecule has 0 bridgehead atoms. The quantitative estimate of drug-likeness (QED) is 0.162. The van der Waals surface area contributed by atoms with Crippen LogP contribution in [0.1, 0.15) is 33.6 Å². The van der Waals surface area contributed by atoms with Gasteiger partial charge >= 0.3 is 0 Å². The van der Waals surface area contributed by atoms with E-state index in [-0.39, 0.29) is 24.0 Å². The van der Waals surface area contributed by atoms with Gasteiger partial charge in [-0.2, -0.15) is 0 Å². The Labute approximate surface area is 182 Å². The average Bonchev–Trinajstić information content (AvgIpc) is 2.57. The van der Waals surface area contributed by atoms with E-state index in [2.05, 4.69) is 34.1 Å². The van der Waals surface area contributed by atoms with Crippen molar-refractivity contribution in [2.45, 2.75) is 39.7 Å². The van der Waals surface area contributed by atoms with Crippen molar-refractivity contribution in [2.75, 3.05) is 58.7 Å². The summed E-state index contributed by atoms with van der Waals surface area (Å²) in [4.78, 5) is 7.24. The zero-order valence-electron chi connectivity index (χ0n) is 17.2. The lowest BCUT2D eigenvalue weighted by atomic mass is 10.0. The van der Waals surface area contributed by atoms with Crippen LogP contribution in [0.5, 0.6) is 0 Å². The maximum atomic E-state index is 11.1. The molecule has 1 aliphatic heterocycles. The molecular formula is C17H38IN5O3S. The molecule has 1 aliphatic rings. The minimum atomic E-state index is -3.12. The highest BCUT2D eigenvalue weighted by atomic mass is 127. The molecule has 1 heterocycles. The van der Waals surface area contributed by atoms with Crippen molar-refractivity contribution in [3.05, 3.63) is 0 Å². The van der Waals surface area contributed by atoms with Crippen molar-refractivity contribution in [1.82, 2.24) is 20.3 Å². The van der Waals surface area contributed by atoms with E-state index in [0.717, 1.165) is 51.8 Å². The number of rotatable bonds is 11. The Hall–Kier alpha value is -0.170. The molecule has 1 unspecified atom stereocenters. The lowest BCUT2D eigenvalue weighted by molar-refractivity contribution is 0.0143. The van der Waals surface area contributed by atoms with Gasteiger partial charge in [0.25, 0.3) is 0 Å². The van der Waals surface area contributed by atoms with E-state index < -0.39 is 10.0 Å². The predicted octanol–water partition coefficient (Wildman–Crippen LogP) is 0.846. The van der Waals surface area contributed by atoms with Gasteiger partial charge in [0, 0.05) is 38.8 Å². The molecule has 0 amide bonds. The first-order valence-corrected chi connectivity index (χ1v) is 11.5. The van der Waals surface area contributed by atoms with Crippen LogP contribution in [-0.4, -0.2) is 84.1 Å². The number of hydrogen-bond donors (Lipinski definition) is 3. The smallest absolute Gasteiger partial charge is 0.208 e. The molecule has 3 N–H and O–H groups in total. The largest absolute Gasteiger partial charge is 0.379 e. The van der Waals surface area contributed by atoms with E-state index in [0.29, 0.717) is 31.5 Å². The van der Waals surface area contributed by atoms with Crippen molar-refractivity contribution in [1.29, 1.82) is 0 Å². The molecule has 0 aromatic rings. The number of guanidine groups is 1. The molecule has 0 radical (unpaired) electrons. The SMILES string of the molecule is CCNC(=NCC(CC(C)C)N1CCOCC1)NCCCNS(C)(=O)=O.I. The summed E-state index contributed by atoms with van der Waals surface area (Å²) in [5.41, 5.74) is 0. The number of nitrogens with one attached hydrogen (secondary N) is 3. The number of morpholine rings is 1. The van der Waals surface area contributed by atoms with Crippen LogP contribution in [-0.2, 0) is 14.8 Å².